The molecule has 0 aromatic heterocycles. The van der Waals surface area contributed by atoms with Gasteiger partial charge in [-0.1, -0.05) is 0 Å². The standard InChI is InChI=1S/C19H22F2N2O6S/c1-4-27-15-9-12(10-16(28-5-2)18(15)29-6-3)19(24)22-23-30(25,26)17-11-13(20)7-8-14(17)21/h7-11,23H,4-6H2,1-3H3,(H,22,24). The summed E-state index contributed by atoms with van der Waals surface area (Å²) in [5, 5.41) is 0. The lowest BCUT2D eigenvalue weighted by Crippen LogP contribution is -2.41. The van der Waals surface area contributed by atoms with Crippen LogP contribution in [0.1, 0.15) is 31.1 Å². The Kier molecular flexibility index (Phi) is 7.95. The number of benzene rings is 2. The smallest absolute Gasteiger partial charge is 0.266 e. The molecule has 2 rings (SSSR count). The Labute approximate surface area is 173 Å². The first-order valence-electron chi connectivity index (χ1n) is 9.07. The third-order valence-electron chi connectivity index (χ3n) is 3.65. The second-order valence-electron chi connectivity index (χ2n) is 5.74. The highest BCUT2D eigenvalue weighted by Crippen LogP contribution is 2.39. The predicted molar refractivity (Wildman–Crippen MR) is 104 cm³/mol. The molecule has 164 valence electrons. The molecule has 0 aliphatic rings. The van der Waals surface area contributed by atoms with Crippen molar-refractivity contribution < 1.29 is 36.2 Å². The first-order chi connectivity index (χ1) is 14.2. The van der Waals surface area contributed by atoms with Gasteiger partial charge in [0, 0.05) is 5.56 Å². The molecule has 1 amide bonds. The van der Waals surface area contributed by atoms with Gasteiger partial charge in [0.15, 0.2) is 11.5 Å². The van der Waals surface area contributed by atoms with Crippen molar-refractivity contribution in [3.05, 3.63) is 47.5 Å². The van der Waals surface area contributed by atoms with Crippen LogP contribution in [0.25, 0.3) is 0 Å². The Morgan fingerprint density at radius 3 is 2.03 bits per heavy atom. The molecule has 11 heteroatoms. The topological polar surface area (TPSA) is 103 Å². The number of carbonyl (C=O) groups excluding carboxylic acids is 1. The number of sulfonamides is 1. The van der Waals surface area contributed by atoms with E-state index in [0.29, 0.717) is 24.5 Å². The van der Waals surface area contributed by atoms with Crippen molar-refractivity contribution in [2.75, 3.05) is 19.8 Å². The summed E-state index contributed by atoms with van der Waals surface area (Å²) in [6, 6.07) is 4.65. The van der Waals surface area contributed by atoms with E-state index in [2.05, 4.69) is 0 Å². The van der Waals surface area contributed by atoms with Crippen molar-refractivity contribution >= 4 is 15.9 Å². The second kappa shape index (κ2) is 10.2. The van der Waals surface area contributed by atoms with Gasteiger partial charge in [-0.15, -0.1) is 4.83 Å². The summed E-state index contributed by atoms with van der Waals surface area (Å²) in [7, 11) is -4.56. The van der Waals surface area contributed by atoms with Crippen LogP contribution >= 0.6 is 0 Å². The molecule has 2 N–H and O–H groups in total. The first kappa shape index (κ1) is 23.4. The highest BCUT2D eigenvalue weighted by atomic mass is 32.2. The van der Waals surface area contributed by atoms with E-state index >= 15 is 0 Å². The zero-order valence-electron chi connectivity index (χ0n) is 16.6. The lowest BCUT2D eigenvalue weighted by atomic mass is 10.1. The average molecular weight is 444 g/mol. The summed E-state index contributed by atoms with van der Waals surface area (Å²) >= 11 is 0. The second-order valence-corrected chi connectivity index (χ2v) is 7.39. The Morgan fingerprint density at radius 1 is 0.933 bits per heavy atom. The summed E-state index contributed by atoms with van der Waals surface area (Å²) in [6.45, 7) is 6.14. The van der Waals surface area contributed by atoms with Gasteiger partial charge in [-0.25, -0.2) is 17.2 Å². The molecule has 0 spiro atoms. The van der Waals surface area contributed by atoms with Crippen LogP contribution in [0.2, 0.25) is 0 Å². The van der Waals surface area contributed by atoms with Crippen molar-refractivity contribution in [1.29, 1.82) is 0 Å². The molecule has 0 fully saturated rings. The van der Waals surface area contributed by atoms with Crippen LogP contribution in [0.3, 0.4) is 0 Å². The van der Waals surface area contributed by atoms with Gasteiger partial charge in [0.1, 0.15) is 16.5 Å². The van der Waals surface area contributed by atoms with E-state index in [9.17, 15) is 22.0 Å². The minimum absolute atomic E-state index is 0.00670. The molecule has 8 nitrogen and oxygen atoms in total. The molecule has 0 aliphatic heterocycles. The quantitative estimate of drug-likeness (QED) is 0.547. The van der Waals surface area contributed by atoms with Crippen LogP contribution in [0.15, 0.2) is 35.2 Å². The normalized spacial score (nSPS) is 11.1. The summed E-state index contributed by atoms with van der Waals surface area (Å²) in [6.07, 6.45) is 0. The van der Waals surface area contributed by atoms with Gasteiger partial charge in [-0.05, 0) is 51.1 Å². The minimum Gasteiger partial charge on any atom is -0.490 e. The molecule has 0 aliphatic carbocycles. The molecule has 0 saturated heterocycles. The molecule has 30 heavy (non-hydrogen) atoms. The lowest BCUT2D eigenvalue weighted by molar-refractivity contribution is 0.0944. The molecule has 2 aromatic rings. The summed E-state index contributed by atoms with van der Waals surface area (Å²) in [5.74, 6) is -2.22. The highest BCUT2D eigenvalue weighted by molar-refractivity contribution is 7.89. The molecule has 0 atom stereocenters. The Bertz CT molecular complexity index is 987. The minimum atomic E-state index is -4.56. The maximum atomic E-state index is 13.8. The third kappa shape index (κ3) is 5.57. The van der Waals surface area contributed by atoms with Crippen molar-refractivity contribution in [1.82, 2.24) is 10.3 Å². The van der Waals surface area contributed by atoms with Crippen molar-refractivity contribution in [3.63, 3.8) is 0 Å². The molecule has 0 radical (unpaired) electrons. The Hall–Kier alpha value is -2.92. The van der Waals surface area contributed by atoms with Crippen LogP contribution in [0, 0.1) is 11.6 Å². The number of hydrogen-bond acceptors (Lipinski definition) is 6. The highest BCUT2D eigenvalue weighted by Gasteiger charge is 2.23. The Morgan fingerprint density at radius 2 is 1.50 bits per heavy atom. The third-order valence-corrected chi connectivity index (χ3v) is 4.92. The van der Waals surface area contributed by atoms with E-state index in [0.717, 1.165) is 6.07 Å². The van der Waals surface area contributed by atoms with E-state index in [4.69, 9.17) is 14.2 Å². The van der Waals surface area contributed by atoms with Crippen molar-refractivity contribution in [2.45, 2.75) is 25.7 Å². The lowest BCUT2D eigenvalue weighted by Gasteiger charge is -2.17. The zero-order valence-corrected chi connectivity index (χ0v) is 17.4. The molecular weight excluding hydrogens is 422 g/mol. The summed E-state index contributed by atoms with van der Waals surface area (Å²) in [4.78, 5) is 13.3. The van der Waals surface area contributed by atoms with Gasteiger partial charge in [-0.2, -0.15) is 0 Å². The van der Waals surface area contributed by atoms with Gasteiger partial charge in [-0.3, -0.25) is 10.2 Å². The molecular formula is C19H22F2N2O6S. The van der Waals surface area contributed by atoms with Gasteiger partial charge < -0.3 is 14.2 Å². The van der Waals surface area contributed by atoms with Crippen LogP contribution in [0.5, 0.6) is 17.2 Å². The largest absolute Gasteiger partial charge is 0.490 e. The molecule has 0 unspecified atom stereocenters. The Balaban J connectivity index is 2.30. The first-order valence-corrected chi connectivity index (χ1v) is 10.5. The van der Waals surface area contributed by atoms with E-state index in [-0.39, 0.29) is 30.3 Å². The van der Waals surface area contributed by atoms with Crippen LogP contribution < -0.4 is 24.5 Å². The summed E-state index contributed by atoms with van der Waals surface area (Å²) < 4.78 is 68.0. The van der Waals surface area contributed by atoms with Crippen molar-refractivity contribution in [3.8, 4) is 17.2 Å². The van der Waals surface area contributed by atoms with Gasteiger partial charge >= 0.3 is 0 Å². The van der Waals surface area contributed by atoms with Crippen LogP contribution in [-0.4, -0.2) is 34.1 Å². The molecule has 0 heterocycles. The zero-order chi connectivity index (χ0) is 22.3. The fourth-order valence-electron chi connectivity index (χ4n) is 2.44. The monoisotopic (exact) mass is 444 g/mol. The molecule has 0 bridgehead atoms. The van der Waals surface area contributed by atoms with Crippen LogP contribution in [-0.2, 0) is 10.0 Å². The van der Waals surface area contributed by atoms with Crippen LogP contribution in [0.4, 0.5) is 8.78 Å². The van der Waals surface area contributed by atoms with Gasteiger partial charge in [0.05, 0.1) is 19.8 Å². The van der Waals surface area contributed by atoms with Crippen molar-refractivity contribution in [2.24, 2.45) is 0 Å². The maximum absolute atomic E-state index is 13.8. The van der Waals surface area contributed by atoms with E-state index < -0.39 is 32.5 Å². The number of hydrogen-bond donors (Lipinski definition) is 2. The number of carbonyl (C=O) groups is 1. The van der Waals surface area contributed by atoms with E-state index in [1.807, 2.05) is 5.43 Å². The number of nitrogens with one attached hydrogen (secondary N) is 2. The number of rotatable bonds is 10. The summed E-state index contributed by atoms with van der Waals surface area (Å²) in [5.41, 5.74) is 1.95. The average Bonchev–Trinajstić information content (AvgIpc) is 2.70. The molecule has 2 aromatic carbocycles. The number of ether oxygens (including phenoxy) is 3. The van der Waals surface area contributed by atoms with E-state index in [1.54, 1.807) is 25.6 Å². The molecule has 0 saturated carbocycles. The van der Waals surface area contributed by atoms with E-state index in [1.165, 1.54) is 12.1 Å². The fourth-order valence-corrected chi connectivity index (χ4v) is 3.37. The number of hydrazine groups is 1. The number of halogens is 2. The van der Waals surface area contributed by atoms with Gasteiger partial charge in [0.25, 0.3) is 15.9 Å². The van der Waals surface area contributed by atoms with Gasteiger partial charge in [0.2, 0.25) is 5.75 Å². The number of amides is 1. The fraction of sp³-hybridized carbons (Fsp3) is 0.316. The predicted octanol–water partition coefficient (Wildman–Crippen LogP) is 2.78. The SMILES string of the molecule is CCOc1cc(C(=O)NNS(=O)(=O)c2cc(F)ccc2F)cc(OCC)c1OCC. The maximum Gasteiger partial charge on any atom is 0.266 e.